The monoisotopic (exact) mass is 608 g/mol. The highest BCUT2D eigenvalue weighted by Gasteiger charge is 2.25. The molecule has 3 aromatic heterocycles. The molecule has 0 spiro atoms. The van der Waals surface area contributed by atoms with Gasteiger partial charge in [0.15, 0.2) is 4.88 Å². The van der Waals surface area contributed by atoms with Crippen LogP contribution < -0.4 is 9.47 Å². The van der Waals surface area contributed by atoms with Crippen LogP contribution in [-0.2, 0) is 22.7 Å². The van der Waals surface area contributed by atoms with Gasteiger partial charge in [-0.05, 0) is 42.3 Å². The van der Waals surface area contributed by atoms with Gasteiger partial charge < -0.3 is 24.1 Å². The number of hydrogen-bond acceptors (Lipinski definition) is 9. The number of fused-ring (bicyclic) bond motifs is 1. The van der Waals surface area contributed by atoms with Crippen LogP contribution in [0.5, 0.6) is 11.5 Å². The molecule has 0 bridgehead atoms. The fraction of sp³-hybridized carbons (Fsp3) is 0.194. The number of halogens is 2. The molecular formula is C31H26F2N2O7S. The van der Waals surface area contributed by atoms with Gasteiger partial charge in [0.2, 0.25) is 0 Å². The second-order valence-corrected chi connectivity index (χ2v) is 10.4. The molecule has 0 aliphatic heterocycles. The van der Waals surface area contributed by atoms with E-state index in [2.05, 4.69) is 4.98 Å². The van der Waals surface area contributed by atoms with Crippen LogP contribution >= 0.6 is 11.3 Å². The number of imidazole rings is 1. The summed E-state index contributed by atoms with van der Waals surface area (Å²) < 4.78 is 49.8. The van der Waals surface area contributed by atoms with Gasteiger partial charge in [0, 0.05) is 17.8 Å². The van der Waals surface area contributed by atoms with Gasteiger partial charge >= 0.3 is 18.6 Å². The van der Waals surface area contributed by atoms with E-state index < -0.39 is 24.7 Å². The first kappa shape index (κ1) is 29.7. The van der Waals surface area contributed by atoms with E-state index in [9.17, 15) is 23.5 Å². The quantitative estimate of drug-likeness (QED) is 0.171. The number of nitrogens with zero attached hydrogens (tertiary/aromatic N) is 2. The Morgan fingerprint density at radius 1 is 0.977 bits per heavy atom. The summed E-state index contributed by atoms with van der Waals surface area (Å²) in [6, 6.07) is 18.1. The Morgan fingerprint density at radius 3 is 2.47 bits per heavy atom. The van der Waals surface area contributed by atoms with Crippen LogP contribution in [0.4, 0.5) is 8.78 Å². The maximum atomic E-state index is 13.4. The Balaban J connectivity index is 1.42. The Bertz CT molecular complexity index is 1750. The van der Waals surface area contributed by atoms with E-state index in [1.54, 1.807) is 84.4 Å². The lowest BCUT2D eigenvalue weighted by molar-refractivity contribution is -0.0513. The predicted octanol–water partition coefficient (Wildman–Crippen LogP) is 6.44. The van der Waals surface area contributed by atoms with Crippen molar-refractivity contribution in [3.05, 3.63) is 106 Å². The number of ether oxygens (including phenoxy) is 4. The minimum Gasteiger partial charge on any atom is -0.484 e. The molecule has 0 radical (unpaired) electrons. The highest BCUT2D eigenvalue weighted by Crippen LogP contribution is 2.40. The third-order valence-corrected chi connectivity index (χ3v) is 7.60. The molecule has 0 saturated heterocycles. The van der Waals surface area contributed by atoms with Crippen LogP contribution in [0.2, 0.25) is 0 Å². The lowest BCUT2D eigenvalue weighted by Gasteiger charge is -2.19. The smallest absolute Gasteiger partial charge is 0.387 e. The van der Waals surface area contributed by atoms with Gasteiger partial charge in [-0.25, -0.2) is 14.6 Å². The SMILES string of the molecule is COC(=O)c1sc(-c2cnc3ccc(CO)cn23)cc1O[C@H](C)c1ccc(COC(=O)c2ccccc2)cc1OC(F)F. The van der Waals surface area contributed by atoms with E-state index in [0.29, 0.717) is 32.9 Å². The molecule has 43 heavy (non-hydrogen) atoms. The minimum absolute atomic E-state index is 0.158. The van der Waals surface area contributed by atoms with Crippen molar-refractivity contribution < 1.29 is 42.4 Å². The molecule has 0 fully saturated rings. The van der Waals surface area contributed by atoms with E-state index in [1.807, 2.05) is 0 Å². The maximum absolute atomic E-state index is 13.4. The number of aromatic nitrogens is 2. The Kier molecular flexibility index (Phi) is 8.98. The topological polar surface area (TPSA) is 109 Å². The number of pyridine rings is 1. The Labute approximate surface area is 248 Å². The molecule has 0 aliphatic rings. The molecule has 9 nitrogen and oxygen atoms in total. The van der Waals surface area contributed by atoms with Crippen LogP contribution in [0.1, 0.15) is 49.7 Å². The van der Waals surface area contributed by atoms with Crippen molar-refractivity contribution in [2.24, 2.45) is 0 Å². The summed E-state index contributed by atoms with van der Waals surface area (Å²) in [6.07, 6.45) is 2.53. The maximum Gasteiger partial charge on any atom is 0.387 e. The van der Waals surface area contributed by atoms with E-state index in [-0.39, 0.29) is 35.2 Å². The summed E-state index contributed by atoms with van der Waals surface area (Å²) in [6.45, 7) is -1.82. The molecule has 5 rings (SSSR count). The molecule has 222 valence electrons. The van der Waals surface area contributed by atoms with E-state index >= 15 is 0 Å². The van der Waals surface area contributed by atoms with Crippen LogP contribution in [-0.4, -0.2) is 40.2 Å². The number of thiophene rings is 1. The number of aliphatic hydroxyl groups is 1. The average Bonchev–Trinajstić information content (AvgIpc) is 3.63. The van der Waals surface area contributed by atoms with Crippen LogP contribution in [0.3, 0.4) is 0 Å². The predicted molar refractivity (Wildman–Crippen MR) is 153 cm³/mol. The van der Waals surface area contributed by atoms with E-state index in [0.717, 1.165) is 11.3 Å². The number of alkyl halides is 2. The highest BCUT2D eigenvalue weighted by molar-refractivity contribution is 7.17. The zero-order valence-electron chi connectivity index (χ0n) is 23.0. The summed E-state index contributed by atoms with van der Waals surface area (Å²) in [5.41, 5.74) is 3.03. The van der Waals surface area contributed by atoms with Crippen molar-refractivity contribution in [3.63, 3.8) is 0 Å². The number of hydrogen-bond donors (Lipinski definition) is 1. The summed E-state index contributed by atoms with van der Waals surface area (Å²) >= 11 is 1.12. The van der Waals surface area contributed by atoms with E-state index in [4.69, 9.17) is 18.9 Å². The summed E-state index contributed by atoms with van der Waals surface area (Å²) in [5.74, 6) is -1.18. The van der Waals surface area contributed by atoms with Crippen LogP contribution in [0, 0.1) is 0 Å². The first-order valence-corrected chi connectivity index (χ1v) is 13.8. The summed E-state index contributed by atoms with van der Waals surface area (Å²) in [5, 5.41) is 9.56. The van der Waals surface area contributed by atoms with Crippen molar-refractivity contribution in [1.29, 1.82) is 0 Å². The van der Waals surface area contributed by atoms with Gasteiger partial charge in [-0.3, -0.25) is 4.40 Å². The first-order chi connectivity index (χ1) is 20.8. The standard InChI is InChI=1S/C31H26F2N2O7S/c1-18(22-10-8-19(12-24(22)42-31(32)33)17-40-29(37)21-6-4-3-5-7-21)41-25-13-26(43-28(25)30(38)39-2)23-14-34-27-11-9-20(16-36)15-35(23)27/h3-15,18,31,36H,16-17H2,1-2H3/t18-/m1/s1. The molecule has 5 aromatic rings. The van der Waals surface area contributed by atoms with Crippen molar-refractivity contribution in [3.8, 4) is 22.1 Å². The van der Waals surface area contributed by atoms with Gasteiger partial charge in [-0.15, -0.1) is 11.3 Å². The number of methoxy groups -OCH3 is 1. The van der Waals surface area contributed by atoms with Gasteiger partial charge in [0.1, 0.15) is 29.9 Å². The van der Waals surface area contributed by atoms with Crippen molar-refractivity contribution in [2.45, 2.75) is 32.9 Å². The number of aliphatic hydroxyl groups excluding tert-OH is 1. The van der Waals surface area contributed by atoms with Crippen LogP contribution in [0.25, 0.3) is 16.2 Å². The number of benzene rings is 2. The summed E-state index contributed by atoms with van der Waals surface area (Å²) in [4.78, 5) is 30.2. The molecule has 0 saturated carbocycles. The van der Waals surface area contributed by atoms with Crippen molar-refractivity contribution >= 4 is 28.9 Å². The van der Waals surface area contributed by atoms with Crippen molar-refractivity contribution in [1.82, 2.24) is 9.38 Å². The Hall–Kier alpha value is -4.81. The molecule has 0 amide bonds. The third kappa shape index (κ3) is 6.65. The molecule has 0 aliphatic carbocycles. The van der Waals surface area contributed by atoms with E-state index in [1.165, 1.54) is 13.2 Å². The average molecular weight is 609 g/mol. The van der Waals surface area contributed by atoms with Crippen LogP contribution in [0.15, 0.2) is 79.1 Å². The normalized spacial score (nSPS) is 11.9. The highest BCUT2D eigenvalue weighted by atomic mass is 32.1. The number of esters is 2. The van der Waals surface area contributed by atoms with Gasteiger partial charge in [0.05, 0.1) is 36.0 Å². The van der Waals surface area contributed by atoms with Gasteiger partial charge in [0.25, 0.3) is 0 Å². The molecule has 2 aromatic carbocycles. The second-order valence-electron chi connectivity index (χ2n) is 9.32. The first-order valence-electron chi connectivity index (χ1n) is 13.0. The second kappa shape index (κ2) is 13.0. The fourth-order valence-corrected chi connectivity index (χ4v) is 5.40. The fourth-order valence-electron chi connectivity index (χ4n) is 4.39. The minimum atomic E-state index is -3.12. The number of rotatable bonds is 11. The molecule has 12 heteroatoms. The molecular weight excluding hydrogens is 582 g/mol. The molecule has 1 atom stereocenters. The van der Waals surface area contributed by atoms with Gasteiger partial charge in [-0.1, -0.05) is 36.4 Å². The lowest BCUT2D eigenvalue weighted by Crippen LogP contribution is -2.11. The largest absolute Gasteiger partial charge is 0.484 e. The molecule has 3 heterocycles. The van der Waals surface area contributed by atoms with Crippen molar-refractivity contribution in [2.75, 3.05) is 7.11 Å². The zero-order chi connectivity index (χ0) is 30.5. The zero-order valence-corrected chi connectivity index (χ0v) is 23.8. The third-order valence-electron chi connectivity index (χ3n) is 6.49. The molecule has 0 unspecified atom stereocenters. The van der Waals surface area contributed by atoms with Gasteiger partial charge in [-0.2, -0.15) is 8.78 Å². The Morgan fingerprint density at radius 2 is 1.74 bits per heavy atom. The number of carbonyl (C=O) groups excluding carboxylic acids is 2. The summed E-state index contributed by atoms with van der Waals surface area (Å²) in [7, 11) is 1.24. The lowest BCUT2D eigenvalue weighted by atomic mass is 10.1. The number of carbonyl (C=O) groups is 2. The molecule has 1 N–H and O–H groups in total.